The van der Waals surface area contributed by atoms with E-state index in [0.717, 1.165) is 17.0 Å². The van der Waals surface area contributed by atoms with E-state index in [1.807, 2.05) is 51.1 Å². The molecule has 0 saturated heterocycles. The SMILES string of the molecule is CCOc1ccccc1-c1noc(COC(=O)Cn2nc(C)cc2C)n1. The predicted molar refractivity (Wildman–Crippen MR) is 92.4 cm³/mol. The number of carbonyl (C=O) groups is 1. The molecular weight excluding hydrogens is 336 g/mol. The van der Waals surface area contributed by atoms with E-state index < -0.39 is 5.97 Å². The predicted octanol–water partition coefficient (Wildman–Crippen LogP) is 2.69. The van der Waals surface area contributed by atoms with Crippen LogP contribution >= 0.6 is 0 Å². The van der Waals surface area contributed by atoms with Crippen molar-refractivity contribution in [2.45, 2.75) is 33.9 Å². The Kier molecular flexibility index (Phi) is 5.31. The molecule has 0 aliphatic rings. The van der Waals surface area contributed by atoms with Gasteiger partial charge in [0.05, 0.1) is 17.9 Å². The Bertz CT molecular complexity index is 900. The van der Waals surface area contributed by atoms with Gasteiger partial charge in [-0.1, -0.05) is 17.3 Å². The van der Waals surface area contributed by atoms with Gasteiger partial charge in [-0.25, -0.2) is 0 Å². The third-order valence-corrected chi connectivity index (χ3v) is 3.63. The molecule has 3 aromatic rings. The van der Waals surface area contributed by atoms with Crippen molar-refractivity contribution >= 4 is 5.97 Å². The van der Waals surface area contributed by atoms with Crippen molar-refractivity contribution in [1.29, 1.82) is 0 Å². The third-order valence-electron chi connectivity index (χ3n) is 3.63. The van der Waals surface area contributed by atoms with E-state index in [1.165, 1.54) is 0 Å². The smallest absolute Gasteiger partial charge is 0.328 e. The topological polar surface area (TPSA) is 92.3 Å². The molecule has 0 N–H and O–H groups in total. The largest absolute Gasteiger partial charge is 0.493 e. The van der Waals surface area contributed by atoms with Gasteiger partial charge in [-0.05, 0) is 39.0 Å². The number of para-hydroxylation sites is 1. The van der Waals surface area contributed by atoms with E-state index >= 15 is 0 Å². The van der Waals surface area contributed by atoms with E-state index in [9.17, 15) is 4.79 Å². The normalized spacial score (nSPS) is 10.7. The van der Waals surface area contributed by atoms with Crippen LogP contribution in [0.25, 0.3) is 11.4 Å². The first-order chi connectivity index (χ1) is 12.6. The number of hydrogen-bond donors (Lipinski definition) is 0. The summed E-state index contributed by atoms with van der Waals surface area (Å²) in [6, 6.07) is 9.31. The number of carbonyl (C=O) groups excluding carboxylic acids is 1. The van der Waals surface area contributed by atoms with Gasteiger partial charge in [-0.2, -0.15) is 10.1 Å². The van der Waals surface area contributed by atoms with Crippen LogP contribution in [-0.2, 0) is 22.7 Å². The van der Waals surface area contributed by atoms with Gasteiger partial charge in [0.25, 0.3) is 5.89 Å². The van der Waals surface area contributed by atoms with Gasteiger partial charge >= 0.3 is 5.97 Å². The maximum Gasteiger partial charge on any atom is 0.328 e. The summed E-state index contributed by atoms with van der Waals surface area (Å²) in [5.74, 6) is 0.848. The van der Waals surface area contributed by atoms with Crippen molar-refractivity contribution < 1.29 is 18.8 Å². The number of esters is 1. The minimum Gasteiger partial charge on any atom is -0.493 e. The summed E-state index contributed by atoms with van der Waals surface area (Å²) < 4.78 is 17.5. The number of ether oxygens (including phenoxy) is 2. The van der Waals surface area contributed by atoms with Crippen molar-refractivity contribution in [2.24, 2.45) is 0 Å². The molecule has 0 radical (unpaired) electrons. The highest BCUT2D eigenvalue weighted by atomic mass is 16.6. The Hall–Kier alpha value is -3.16. The van der Waals surface area contributed by atoms with E-state index in [1.54, 1.807) is 4.68 Å². The van der Waals surface area contributed by atoms with Crippen LogP contribution in [0.1, 0.15) is 24.2 Å². The number of rotatable bonds is 7. The molecule has 2 aromatic heterocycles. The molecule has 0 amide bonds. The molecule has 0 atom stereocenters. The van der Waals surface area contributed by atoms with Crippen molar-refractivity contribution in [3.8, 4) is 17.1 Å². The standard InChI is InChI=1S/C18H20N4O4/c1-4-24-15-8-6-5-7-14(15)18-19-16(26-21-18)11-25-17(23)10-22-13(3)9-12(2)20-22/h5-9H,4,10-11H2,1-3H3. The van der Waals surface area contributed by atoms with Crippen molar-refractivity contribution in [3.05, 3.63) is 47.6 Å². The molecule has 0 unspecified atom stereocenters. The first-order valence-corrected chi connectivity index (χ1v) is 8.28. The maximum atomic E-state index is 12.0. The first-order valence-electron chi connectivity index (χ1n) is 8.28. The fourth-order valence-corrected chi connectivity index (χ4v) is 2.50. The lowest BCUT2D eigenvalue weighted by Gasteiger charge is -2.06. The maximum absolute atomic E-state index is 12.0. The number of aromatic nitrogens is 4. The average molecular weight is 356 g/mol. The highest BCUT2D eigenvalue weighted by Gasteiger charge is 2.15. The highest BCUT2D eigenvalue weighted by molar-refractivity contribution is 5.69. The lowest BCUT2D eigenvalue weighted by molar-refractivity contribution is -0.146. The highest BCUT2D eigenvalue weighted by Crippen LogP contribution is 2.27. The van der Waals surface area contributed by atoms with Crippen LogP contribution in [0.5, 0.6) is 5.75 Å². The lowest BCUT2D eigenvalue weighted by Crippen LogP contribution is -2.15. The molecule has 8 heteroatoms. The van der Waals surface area contributed by atoms with Crippen molar-refractivity contribution in [3.63, 3.8) is 0 Å². The number of benzene rings is 1. The van der Waals surface area contributed by atoms with Gasteiger partial charge in [-0.3, -0.25) is 9.48 Å². The van der Waals surface area contributed by atoms with Crippen molar-refractivity contribution in [1.82, 2.24) is 19.9 Å². The Labute approximate surface area is 150 Å². The summed E-state index contributed by atoms with van der Waals surface area (Å²) in [6.07, 6.45) is 0. The van der Waals surface area contributed by atoms with Crippen LogP contribution in [0, 0.1) is 13.8 Å². The first kappa shape index (κ1) is 17.7. The molecule has 1 aromatic carbocycles. The monoisotopic (exact) mass is 356 g/mol. The second-order valence-corrected chi connectivity index (χ2v) is 5.69. The van der Waals surface area contributed by atoms with E-state index in [2.05, 4.69) is 15.2 Å². The molecule has 0 aliphatic heterocycles. The van der Waals surface area contributed by atoms with Crippen LogP contribution in [-0.4, -0.2) is 32.5 Å². The summed E-state index contributed by atoms with van der Waals surface area (Å²) in [4.78, 5) is 16.2. The third kappa shape index (κ3) is 4.08. The number of hydrogen-bond acceptors (Lipinski definition) is 7. The lowest BCUT2D eigenvalue weighted by atomic mass is 10.2. The summed E-state index contributed by atoms with van der Waals surface area (Å²) in [5.41, 5.74) is 2.47. The second kappa shape index (κ2) is 7.81. The minimum atomic E-state index is -0.425. The molecular formula is C18H20N4O4. The zero-order chi connectivity index (χ0) is 18.5. The molecule has 3 rings (SSSR count). The van der Waals surface area contributed by atoms with Gasteiger partial charge < -0.3 is 14.0 Å². The molecule has 136 valence electrons. The quantitative estimate of drug-likeness (QED) is 0.601. The van der Waals surface area contributed by atoms with Crippen molar-refractivity contribution in [2.75, 3.05) is 6.61 Å². The molecule has 0 bridgehead atoms. The van der Waals surface area contributed by atoms with Crippen LogP contribution in [0.15, 0.2) is 34.9 Å². The molecule has 0 saturated carbocycles. The van der Waals surface area contributed by atoms with E-state index in [4.69, 9.17) is 14.0 Å². The molecule has 0 spiro atoms. The second-order valence-electron chi connectivity index (χ2n) is 5.69. The zero-order valence-electron chi connectivity index (χ0n) is 14.9. The van der Waals surface area contributed by atoms with E-state index in [-0.39, 0.29) is 19.0 Å². The van der Waals surface area contributed by atoms with Crippen LogP contribution in [0.4, 0.5) is 0 Å². The fourth-order valence-electron chi connectivity index (χ4n) is 2.50. The Morgan fingerprint density at radius 2 is 2.08 bits per heavy atom. The molecule has 2 heterocycles. The molecule has 26 heavy (non-hydrogen) atoms. The van der Waals surface area contributed by atoms with Crippen LogP contribution in [0.2, 0.25) is 0 Å². The van der Waals surface area contributed by atoms with Gasteiger partial charge in [0.2, 0.25) is 5.82 Å². The number of nitrogens with zero attached hydrogens (tertiary/aromatic N) is 4. The summed E-state index contributed by atoms with van der Waals surface area (Å²) in [7, 11) is 0. The zero-order valence-corrected chi connectivity index (χ0v) is 14.9. The molecule has 0 aliphatic carbocycles. The summed E-state index contributed by atoms with van der Waals surface area (Å²) in [5, 5.41) is 8.16. The number of aryl methyl sites for hydroxylation is 2. The Balaban J connectivity index is 1.62. The van der Waals surface area contributed by atoms with Gasteiger partial charge in [0.15, 0.2) is 6.61 Å². The molecule has 8 nitrogen and oxygen atoms in total. The van der Waals surface area contributed by atoms with Crippen LogP contribution in [0.3, 0.4) is 0 Å². The van der Waals surface area contributed by atoms with Crippen LogP contribution < -0.4 is 4.74 Å². The molecule has 0 fully saturated rings. The van der Waals surface area contributed by atoms with E-state index in [0.29, 0.717) is 18.2 Å². The Morgan fingerprint density at radius 1 is 1.27 bits per heavy atom. The van der Waals surface area contributed by atoms with Gasteiger partial charge in [-0.15, -0.1) is 0 Å². The van der Waals surface area contributed by atoms with Gasteiger partial charge in [0, 0.05) is 5.69 Å². The average Bonchev–Trinajstić information content (AvgIpc) is 3.20. The summed E-state index contributed by atoms with van der Waals surface area (Å²) >= 11 is 0. The summed E-state index contributed by atoms with van der Waals surface area (Å²) in [6.45, 7) is 6.13. The minimum absolute atomic E-state index is 0.0356. The van der Waals surface area contributed by atoms with Gasteiger partial charge in [0.1, 0.15) is 12.3 Å². The Morgan fingerprint density at radius 3 is 2.81 bits per heavy atom. The fraction of sp³-hybridized carbons (Fsp3) is 0.333.